The molecule has 0 spiro atoms. The zero-order valence-electron chi connectivity index (χ0n) is 17.9. The summed E-state index contributed by atoms with van der Waals surface area (Å²) in [4.78, 5) is 6.71. The second-order valence-electron chi connectivity index (χ2n) is 7.14. The van der Waals surface area contributed by atoms with E-state index >= 15 is 0 Å². The van der Waals surface area contributed by atoms with Crippen molar-refractivity contribution in [1.29, 1.82) is 0 Å². The van der Waals surface area contributed by atoms with Crippen molar-refractivity contribution in [2.75, 3.05) is 27.2 Å². The highest BCUT2D eigenvalue weighted by molar-refractivity contribution is 14.0. The standard InChI is InChI=1S/C20H29F3N6.HI/c1-6-24-19(25-12-18(28(3)4)16-11-26-29(5)13-16)27-14(2)15-8-7-9-17(10-15)20(21,22)23;/h7-11,13-14,18H,6,12H2,1-5H3,(H2,24,25,27);1H. The molecule has 0 saturated heterocycles. The first-order chi connectivity index (χ1) is 13.6. The number of hydrogen-bond acceptors (Lipinski definition) is 3. The molecule has 0 amide bonds. The van der Waals surface area contributed by atoms with E-state index in [1.54, 1.807) is 10.7 Å². The number of nitrogens with one attached hydrogen (secondary N) is 2. The Kier molecular flexibility index (Phi) is 10.1. The maximum absolute atomic E-state index is 13.0. The van der Waals surface area contributed by atoms with E-state index in [0.29, 0.717) is 24.6 Å². The lowest BCUT2D eigenvalue weighted by atomic mass is 10.1. The van der Waals surface area contributed by atoms with E-state index in [1.165, 1.54) is 12.1 Å². The number of aliphatic imine (C=N–C) groups is 1. The number of guanidine groups is 1. The van der Waals surface area contributed by atoms with Crippen LogP contribution in [0, 0.1) is 0 Å². The Balaban J connectivity index is 0.00000450. The van der Waals surface area contributed by atoms with Crippen LogP contribution >= 0.6 is 24.0 Å². The summed E-state index contributed by atoms with van der Waals surface area (Å²) >= 11 is 0. The summed E-state index contributed by atoms with van der Waals surface area (Å²) in [5.74, 6) is 0.549. The zero-order chi connectivity index (χ0) is 21.6. The van der Waals surface area contributed by atoms with Crippen LogP contribution in [0.1, 0.15) is 42.6 Å². The van der Waals surface area contributed by atoms with E-state index in [2.05, 4.69) is 25.6 Å². The largest absolute Gasteiger partial charge is 0.416 e. The van der Waals surface area contributed by atoms with Crippen LogP contribution in [-0.4, -0.2) is 47.8 Å². The Labute approximate surface area is 193 Å². The second-order valence-corrected chi connectivity index (χ2v) is 7.14. The van der Waals surface area contributed by atoms with Crippen LogP contribution in [0.3, 0.4) is 0 Å². The molecular weight excluding hydrogens is 508 g/mol. The number of alkyl halides is 3. The molecule has 0 fully saturated rings. The van der Waals surface area contributed by atoms with Crippen LogP contribution in [0.15, 0.2) is 41.7 Å². The maximum atomic E-state index is 13.0. The van der Waals surface area contributed by atoms with Gasteiger partial charge in [0.1, 0.15) is 0 Å². The molecule has 0 aliphatic rings. The Morgan fingerprint density at radius 3 is 2.50 bits per heavy atom. The minimum absolute atomic E-state index is 0. The topological polar surface area (TPSA) is 57.5 Å². The summed E-state index contributed by atoms with van der Waals surface area (Å²) < 4.78 is 40.7. The van der Waals surface area contributed by atoms with Gasteiger partial charge in [-0.15, -0.1) is 24.0 Å². The number of nitrogens with zero attached hydrogens (tertiary/aromatic N) is 4. The van der Waals surface area contributed by atoms with Crippen LogP contribution in [0.25, 0.3) is 0 Å². The normalized spacial score (nSPS) is 14.2. The molecule has 0 saturated carbocycles. The van der Waals surface area contributed by atoms with Gasteiger partial charge in [0.25, 0.3) is 0 Å². The summed E-state index contributed by atoms with van der Waals surface area (Å²) in [6.45, 7) is 4.87. The number of rotatable bonds is 7. The average Bonchev–Trinajstić information content (AvgIpc) is 3.07. The van der Waals surface area contributed by atoms with Gasteiger partial charge in [0.2, 0.25) is 0 Å². The van der Waals surface area contributed by atoms with Crippen molar-refractivity contribution in [1.82, 2.24) is 25.3 Å². The zero-order valence-corrected chi connectivity index (χ0v) is 20.2. The van der Waals surface area contributed by atoms with Crippen molar-refractivity contribution >= 4 is 29.9 Å². The first kappa shape index (κ1) is 26.2. The Hall–Kier alpha value is -1.82. The van der Waals surface area contributed by atoms with Crippen LogP contribution in [0.4, 0.5) is 13.2 Å². The van der Waals surface area contributed by atoms with Gasteiger partial charge in [0.15, 0.2) is 5.96 Å². The molecule has 1 heterocycles. The number of benzene rings is 1. The molecule has 2 aromatic rings. The first-order valence-electron chi connectivity index (χ1n) is 9.48. The van der Waals surface area contributed by atoms with E-state index in [-0.39, 0.29) is 36.1 Å². The Morgan fingerprint density at radius 1 is 1.27 bits per heavy atom. The fraction of sp³-hybridized carbons (Fsp3) is 0.500. The van der Waals surface area contributed by atoms with Gasteiger partial charge in [-0.3, -0.25) is 9.67 Å². The lowest BCUT2D eigenvalue weighted by Crippen LogP contribution is -2.39. The van der Waals surface area contributed by atoms with Crippen LogP contribution in [0.2, 0.25) is 0 Å². The summed E-state index contributed by atoms with van der Waals surface area (Å²) in [7, 11) is 5.81. The molecule has 30 heavy (non-hydrogen) atoms. The third-order valence-corrected chi connectivity index (χ3v) is 4.57. The molecule has 6 nitrogen and oxygen atoms in total. The molecule has 2 rings (SSSR count). The van der Waals surface area contributed by atoms with Crippen LogP contribution in [-0.2, 0) is 13.2 Å². The van der Waals surface area contributed by atoms with E-state index in [4.69, 9.17) is 0 Å². The maximum Gasteiger partial charge on any atom is 0.416 e. The molecule has 2 N–H and O–H groups in total. The smallest absolute Gasteiger partial charge is 0.357 e. The first-order valence-corrected chi connectivity index (χ1v) is 9.48. The minimum Gasteiger partial charge on any atom is -0.357 e. The van der Waals surface area contributed by atoms with Gasteiger partial charge < -0.3 is 15.5 Å². The molecule has 1 aromatic heterocycles. The molecule has 0 aliphatic carbocycles. The van der Waals surface area contributed by atoms with Gasteiger partial charge in [-0.25, -0.2) is 0 Å². The van der Waals surface area contributed by atoms with E-state index in [1.807, 2.05) is 47.4 Å². The predicted octanol–water partition coefficient (Wildman–Crippen LogP) is 3.98. The quantitative estimate of drug-likeness (QED) is 0.318. The van der Waals surface area contributed by atoms with Gasteiger partial charge in [-0.1, -0.05) is 12.1 Å². The van der Waals surface area contributed by atoms with Gasteiger partial charge in [-0.2, -0.15) is 18.3 Å². The molecule has 1 aromatic carbocycles. The molecule has 2 atom stereocenters. The van der Waals surface area contributed by atoms with Crippen LogP contribution in [0.5, 0.6) is 0 Å². The highest BCUT2D eigenvalue weighted by Gasteiger charge is 2.30. The van der Waals surface area contributed by atoms with Crippen molar-refractivity contribution < 1.29 is 13.2 Å². The molecule has 0 radical (unpaired) electrons. The fourth-order valence-electron chi connectivity index (χ4n) is 2.95. The SMILES string of the molecule is CCNC(=NCC(c1cnn(C)c1)N(C)C)NC(C)c1cccc(C(F)(F)F)c1.I. The Bertz CT molecular complexity index is 819. The predicted molar refractivity (Wildman–Crippen MR) is 124 cm³/mol. The highest BCUT2D eigenvalue weighted by Crippen LogP contribution is 2.30. The Morgan fingerprint density at radius 2 is 1.97 bits per heavy atom. The van der Waals surface area contributed by atoms with Gasteiger partial charge in [0.05, 0.1) is 30.4 Å². The summed E-state index contributed by atoms with van der Waals surface area (Å²) in [5, 5.41) is 10.6. The summed E-state index contributed by atoms with van der Waals surface area (Å²) in [6, 6.07) is 5.03. The highest BCUT2D eigenvalue weighted by atomic mass is 127. The number of aryl methyl sites for hydroxylation is 1. The van der Waals surface area contributed by atoms with E-state index < -0.39 is 11.7 Å². The van der Waals surface area contributed by atoms with Gasteiger partial charge in [-0.05, 0) is 45.6 Å². The minimum atomic E-state index is -4.36. The van der Waals surface area contributed by atoms with Crippen molar-refractivity contribution in [3.8, 4) is 0 Å². The van der Waals surface area contributed by atoms with Crippen molar-refractivity contribution in [3.05, 3.63) is 53.3 Å². The average molecular weight is 538 g/mol. The molecule has 2 unspecified atom stereocenters. The molecule has 168 valence electrons. The monoisotopic (exact) mass is 538 g/mol. The van der Waals surface area contributed by atoms with Gasteiger partial charge in [0, 0.05) is 25.4 Å². The summed E-state index contributed by atoms with van der Waals surface area (Å²) in [6.07, 6.45) is -0.603. The molecule has 0 bridgehead atoms. The number of likely N-dealkylation sites (N-methyl/N-ethyl adjacent to an activating group) is 1. The number of hydrogen-bond donors (Lipinski definition) is 2. The van der Waals surface area contributed by atoms with E-state index in [9.17, 15) is 13.2 Å². The summed E-state index contributed by atoms with van der Waals surface area (Å²) in [5.41, 5.74) is 0.930. The fourth-order valence-corrected chi connectivity index (χ4v) is 2.95. The lowest BCUT2D eigenvalue weighted by Gasteiger charge is -2.23. The van der Waals surface area contributed by atoms with Crippen molar-refractivity contribution in [2.45, 2.75) is 32.1 Å². The van der Waals surface area contributed by atoms with E-state index in [0.717, 1.165) is 11.6 Å². The third-order valence-electron chi connectivity index (χ3n) is 4.57. The van der Waals surface area contributed by atoms with Crippen molar-refractivity contribution in [3.63, 3.8) is 0 Å². The number of aromatic nitrogens is 2. The van der Waals surface area contributed by atoms with Crippen molar-refractivity contribution in [2.24, 2.45) is 12.0 Å². The lowest BCUT2D eigenvalue weighted by molar-refractivity contribution is -0.137. The molecule has 10 heteroatoms. The van der Waals surface area contributed by atoms with Crippen LogP contribution < -0.4 is 10.6 Å². The van der Waals surface area contributed by atoms with Gasteiger partial charge >= 0.3 is 6.18 Å². The number of halogens is 4. The third kappa shape index (κ3) is 7.46. The molecular formula is C20H30F3IN6. The molecule has 0 aliphatic heterocycles. The second kappa shape index (κ2) is 11.5.